The molecule has 0 atom stereocenters. The van der Waals surface area contributed by atoms with Crippen LogP contribution in [0.25, 0.3) is 22.3 Å². The molecule has 198 valence electrons. The summed E-state index contributed by atoms with van der Waals surface area (Å²) < 4.78 is 16.5. The SMILES string of the molecule is OP(O)OP(O)O.c1ccc(Oc2ccc(-c3ccccc3)c(Oc3ccccc3)c2-c2ccccc2)cc1. The Labute approximate surface area is 229 Å². The second-order valence-electron chi connectivity index (χ2n) is 7.96. The lowest BCUT2D eigenvalue weighted by Crippen LogP contribution is -1.96. The van der Waals surface area contributed by atoms with Gasteiger partial charge in [0.2, 0.25) is 0 Å². The number of hydrogen-bond acceptors (Lipinski definition) is 7. The Balaban J connectivity index is 0.000000448. The number of ether oxygens (including phenoxy) is 2. The van der Waals surface area contributed by atoms with Gasteiger partial charge in [-0.25, -0.2) is 4.31 Å². The molecule has 0 amide bonds. The zero-order chi connectivity index (χ0) is 27.5. The summed E-state index contributed by atoms with van der Waals surface area (Å²) in [6.45, 7) is 0. The van der Waals surface area contributed by atoms with Crippen molar-refractivity contribution in [1.82, 2.24) is 0 Å². The third-order valence-electron chi connectivity index (χ3n) is 5.35. The molecule has 7 nitrogen and oxygen atoms in total. The standard InChI is InChI=1S/C30H22O2.H4O5P2/c1-5-13-23(14-6-1)27-21-22-28(31-25-17-9-3-10-18-25)29(24-15-7-2-8-16-24)30(27)32-26-19-11-4-12-20-26;1-6(2)5-7(3)4/h1-22H;1-4H. The van der Waals surface area contributed by atoms with Gasteiger partial charge in [0, 0.05) is 5.56 Å². The molecule has 0 saturated heterocycles. The Morgan fingerprint density at radius 3 is 1.33 bits per heavy atom. The third-order valence-corrected chi connectivity index (χ3v) is 6.52. The zero-order valence-electron chi connectivity index (χ0n) is 20.6. The van der Waals surface area contributed by atoms with Gasteiger partial charge in [-0.1, -0.05) is 97.1 Å². The van der Waals surface area contributed by atoms with E-state index in [1.165, 1.54) is 0 Å². The van der Waals surface area contributed by atoms with Crippen LogP contribution < -0.4 is 9.47 Å². The highest BCUT2D eigenvalue weighted by atomic mass is 31.2. The first-order valence-electron chi connectivity index (χ1n) is 11.8. The minimum Gasteiger partial charge on any atom is -0.457 e. The van der Waals surface area contributed by atoms with Gasteiger partial charge in [-0.05, 0) is 47.5 Å². The van der Waals surface area contributed by atoms with Crippen LogP contribution in [0.4, 0.5) is 0 Å². The second-order valence-corrected chi connectivity index (χ2v) is 9.63. The Morgan fingerprint density at radius 2 is 0.872 bits per heavy atom. The first-order chi connectivity index (χ1) is 19.0. The molecule has 0 fully saturated rings. The van der Waals surface area contributed by atoms with Crippen molar-refractivity contribution in [3.63, 3.8) is 0 Å². The van der Waals surface area contributed by atoms with Crippen molar-refractivity contribution in [1.29, 1.82) is 0 Å². The summed E-state index contributed by atoms with van der Waals surface area (Å²) >= 11 is 0. The molecule has 4 N–H and O–H groups in total. The maximum absolute atomic E-state index is 7.82. The second kappa shape index (κ2) is 14.5. The summed E-state index contributed by atoms with van der Waals surface area (Å²) in [5, 5.41) is 0. The smallest absolute Gasteiger partial charge is 0.334 e. The fourth-order valence-corrected chi connectivity index (χ4v) is 4.29. The maximum atomic E-state index is 7.82. The molecule has 0 radical (unpaired) electrons. The van der Waals surface area contributed by atoms with Gasteiger partial charge in [-0.3, -0.25) is 0 Å². The molecular formula is C30H26O7P2. The molecule has 0 spiro atoms. The summed E-state index contributed by atoms with van der Waals surface area (Å²) in [7, 11) is -5.22. The molecule has 0 aliphatic rings. The number of rotatable bonds is 8. The van der Waals surface area contributed by atoms with Gasteiger partial charge in [0.15, 0.2) is 0 Å². The molecule has 5 aromatic rings. The van der Waals surface area contributed by atoms with Crippen molar-refractivity contribution in [2.75, 3.05) is 0 Å². The Bertz CT molecular complexity index is 1410. The van der Waals surface area contributed by atoms with Gasteiger partial charge in [-0.15, -0.1) is 0 Å². The lowest BCUT2D eigenvalue weighted by molar-refractivity contribution is 0.324. The summed E-state index contributed by atoms with van der Waals surface area (Å²) in [4.78, 5) is 31.3. The first-order valence-corrected chi connectivity index (χ1v) is 14.1. The third kappa shape index (κ3) is 8.42. The lowest BCUT2D eigenvalue weighted by Gasteiger charge is -2.20. The van der Waals surface area contributed by atoms with Crippen LogP contribution in [0.3, 0.4) is 0 Å². The molecule has 0 unspecified atom stereocenters. The van der Waals surface area contributed by atoms with Crippen LogP contribution in [-0.4, -0.2) is 19.6 Å². The average Bonchev–Trinajstić information content (AvgIpc) is 2.95. The van der Waals surface area contributed by atoms with E-state index >= 15 is 0 Å². The van der Waals surface area contributed by atoms with Crippen molar-refractivity contribution in [3.05, 3.63) is 133 Å². The molecule has 39 heavy (non-hydrogen) atoms. The van der Waals surface area contributed by atoms with Gasteiger partial charge in [0.1, 0.15) is 23.0 Å². The van der Waals surface area contributed by atoms with Gasteiger partial charge in [0.05, 0.1) is 5.56 Å². The van der Waals surface area contributed by atoms with Crippen LogP contribution in [0.15, 0.2) is 133 Å². The fourth-order valence-electron chi connectivity index (χ4n) is 3.77. The monoisotopic (exact) mass is 560 g/mol. The normalized spacial score (nSPS) is 10.6. The Kier molecular flexibility index (Phi) is 10.5. The number of benzene rings is 5. The molecule has 9 heteroatoms. The Hall–Kier alpha value is -3.64. The van der Waals surface area contributed by atoms with Crippen LogP contribution in [-0.2, 0) is 4.31 Å². The minimum absolute atomic E-state index is 0.744. The fraction of sp³-hybridized carbons (Fsp3) is 0. The van der Waals surface area contributed by atoms with Gasteiger partial charge >= 0.3 is 17.2 Å². The molecule has 5 aromatic carbocycles. The van der Waals surface area contributed by atoms with Crippen LogP contribution >= 0.6 is 17.2 Å². The maximum Gasteiger partial charge on any atom is 0.334 e. The molecule has 0 heterocycles. The largest absolute Gasteiger partial charge is 0.457 e. The summed E-state index contributed by atoms with van der Waals surface area (Å²) in [6.07, 6.45) is 0. The predicted octanol–water partition coefficient (Wildman–Crippen LogP) is 8.03. The molecule has 0 aliphatic heterocycles. The van der Waals surface area contributed by atoms with Gasteiger partial charge in [0.25, 0.3) is 0 Å². The minimum atomic E-state index is -2.61. The highest BCUT2D eigenvalue weighted by Crippen LogP contribution is 2.47. The average molecular weight is 560 g/mol. The number of hydrogen-bond donors (Lipinski definition) is 4. The molecule has 0 aromatic heterocycles. The highest BCUT2D eigenvalue weighted by Gasteiger charge is 2.20. The van der Waals surface area contributed by atoms with Crippen LogP contribution in [0.2, 0.25) is 0 Å². The molecule has 5 rings (SSSR count). The van der Waals surface area contributed by atoms with E-state index in [-0.39, 0.29) is 0 Å². The van der Waals surface area contributed by atoms with Crippen molar-refractivity contribution < 1.29 is 33.4 Å². The van der Waals surface area contributed by atoms with E-state index in [2.05, 4.69) is 34.6 Å². The van der Waals surface area contributed by atoms with E-state index in [1.807, 2.05) is 103 Å². The molecular weight excluding hydrogens is 534 g/mol. The Morgan fingerprint density at radius 1 is 0.436 bits per heavy atom. The highest BCUT2D eigenvalue weighted by molar-refractivity contribution is 7.53. The van der Waals surface area contributed by atoms with Crippen LogP contribution in [0, 0.1) is 0 Å². The quantitative estimate of drug-likeness (QED) is 0.142. The van der Waals surface area contributed by atoms with E-state index in [4.69, 9.17) is 29.0 Å². The van der Waals surface area contributed by atoms with Crippen LogP contribution in [0.1, 0.15) is 0 Å². The molecule has 0 bridgehead atoms. The number of para-hydroxylation sites is 2. The van der Waals surface area contributed by atoms with E-state index < -0.39 is 17.2 Å². The summed E-state index contributed by atoms with van der Waals surface area (Å²) in [5.41, 5.74) is 4.04. The van der Waals surface area contributed by atoms with Crippen molar-refractivity contribution >= 4 is 17.2 Å². The van der Waals surface area contributed by atoms with Gasteiger partial charge in [-0.2, -0.15) is 0 Å². The zero-order valence-corrected chi connectivity index (χ0v) is 22.4. The summed E-state index contributed by atoms with van der Waals surface area (Å²) in [5.74, 6) is 3.07. The van der Waals surface area contributed by atoms with E-state index in [0.717, 1.165) is 45.3 Å². The van der Waals surface area contributed by atoms with Crippen LogP contribution in [0.5, 0.6) is 23.0 Å². The van der Waals surface area contributed by atoms with E-state index in [9.17, 15) is 0 Å². The lowest BCUT2D eigenvalue weighted by atomic mass is 9.96. The van der Waals surface area contributed by atoms with Crippen molar-refractivity contribution in [2.45, 2.75) is 0 Å². The predicted molar refractivity (Wildman–Crippen MR) is 154 cm³/mol. The van der Waals surface area contributed by atoms with E-state index in [1.54, 1.807) is 0 Å². The van der Waals surface area contributed by atoms with Crippen molar-refractivity contribution in [3.8, 4) is 45.3 Å². The topological polar surface area (TPSA) is 109 Å². The first kappa shape index (κ1) is 28.4. The van der Waals surface area contributed by atoms with E-state index in [0.29, 0.717) is 0 Å². The van der Waals surface area contributed by atoms with Gasteiger partial charge < -0.3 is 29.0 Å². The van der Waals surface area contributed by atoms with Crippen molar-refractivity contribution in [2.24, 2.45) is 0 Å². The molecule has 0 saturated carbocycles. The molecule has 0 aliphatic carbocycles. The summed E-state index contributed by atoms with van der Waals surface area (Å²) in [6, 6.07) is 44.3.